The summed E-state index contributed by atoms with van der Waals surface area (Å²) in [6.45, 7) is 8.18. The van der Waals surface area contributed by atoms with Gasteiger partial charge in [0.05, 0.1) is 11.2 Å². The van der Waals surface area contributed by atoms with Gasteiger partial charge in [-0.3, -0.25) is 0 Å². The lowest BCUT2D eigenvalue weighted by molar-refractivity contribution is 0.00578. The van der Waals surface area contributed by atoms with Gasteiger partial charge in [-0.25, -0.2) is 9.97 Å². The van der Waals surface area contributed by atoms with Crippen LogP contribution >= 0.6 is 11.3 Å². The Bertz CT molecular complexity index is 1170. The lowest BCUT2D eigenvalue weighted by atomic mass is 9.81. The maximum atomic E-state index is 6.11. The van der Waals surface area contributed by atoms with E-state index in [1.165, 1.54) is 20.2 Å². The van der Waals surface area contributed by atoms with Crippen LogP contribution in [0.1, 0.15) is 27.7 Å². The normalized spacial score (nSPS) is 18.2. The predicted octanol–water partition coefficient (Wildman–Crippen LogP) is 4.81. The lowest BCUT2D eigenvalue weighted by Gasteiger charge is -2.32. The van der Waals surface area contributed by atoms with Crippen molar-refractivity contribution in [1.29, 1.82) is 0 Å². The predicted molar refractivity (Wildman–Crippen MR) is 116 cm³/mol. The zero-order chi connectivity index (χ0) is 19.5. The molecule has 0 saturated carbocycles. The number of thiophene rings is 1. The second kappa shape index (κ2) is 6.11. The molecule has 1 fully saturated rings. The molecule has 0 unspecified atom stereocenters. The van der Waals surface area contributed by atoms with E-state index < -0.39 is 7.12 Å². The molecule has 4 aromatic rings. The van der Waals surface area contributed by atoms with Gasteiger partial charge in [0.15, 0.2) is 5.82 Å². The van der Waals surface area contributed by atoms with Gasteiger partial charge in [0.25, 0.3) is 0 Å². The van der Waals surface area contributed by atoms with Gasteiger partial charge in [-0.2, -0.15) is 0 Å². The summed E-state index contributed by atoms with van der Waals surface area (Å²) >= 11 is 1.78. The molecular formula is C22H21BN2O2S. The van der Waals surface area contributed by atoms with Crippen LogP contribution in [0.15, 0.2) is 54.9 Å². The van der Waals surface area contributed by atoms with Gasteiger partial charge < -0.3 is 9.31 Å². The molecule has 3 heterocycles. The first-order chi connectivity index (χ1) is 13.4. The van der Waals surface area contributed by atoms with E-state index in [0.717, 1.165) is 16.9 Å². The van der Waals surface area contributed by atoms with Gasteiger partial charge in [-0.15, -0.1) is 11.3 Å². The number of fused-ring (bicyclic) bond motifs is 3. The average Bonchev–Trinajstić information content (AvgIpc) is 3.15. The maximum absolute atomic E-state index is 6.11. The molecule has 0 N–H and O–H groups in total. The number of benzene rings is 2. The average molecular weight is 388 g/mol. The van der Waals surface area contributed by atoms with Crippen LogP contribution in [0.4, 0.5) is 0 Å². The van der Waals surface area contributed by atoms with E-state index in [0.29, 0.717) is 0 Å². The Morgan fingerprint density at radius 2 is 1.46 bits per heavy atom. The fourth-order valence-electron chi connectivity index (χ4n) is 3.50. The minimum Gasteiger partial charge on any atom is -0.399 e. The molecule has 2 aromatic carbocycles. The smallest absolute Gasteiger partial charge is 0.399 e. The van der Waals surface area contributed by atoms with E-state index in [2.05, 4.69) is 52.4 Å². The molecule has 0 bridgehead atoms. The van der Waals surface area contributed by atoms with Gasteiger partial charge >= 0.3 is 7.12 Å². The van der Waals surface area contributed by atoms with Crippen molar-refractivity contribution < 1.29 is 9.31 Å². The summed E-state index contributed by atoms with van der Waals surface area (Å²) < 4.78 is 14.7. The molecule has 6 heteroatoms. The molecule has 1 aliphatic rings. The molecule has 0 atom stereocenters. The Balaban J connectivity index is 1.53. The number of hydrogen-bond acceptors (Lipinski definition) is 5. The topological polar surface area (TPSA) is 44.2 Å². The van der Waals surface area contributed by atoms with Crippen molar-refractivity contribution in [2.24, 2.45) is 0 Å². The second-order valence-electron chi connectivity index (χ2n) is 8.21. The first kappa shape index (κ1) is 17.8. The molecule has 0 amide bonds. The molecule has 1 aliphatic heterocycles. The molecule has 5 rings (SSSR count). The molecule has 0 radical (unpaired) electrons. The first-order valence-corrected chi connectivity index (χ1v) is 10.3. The van der Waals surface area contributed by atoms with Crippen molar-refractivity contribution in [1.82, 2.24) is 9.97 Å². The Kier molecular flexibility index (Phi) is 3.88. The Morgan fingerprint density at radius 1 is 0.821 bits per heavy atom. The molecule has 2 aromatic heterocycles. The van der Waals surface area contributed by atoms with Crippen LogP contribution < -0.4 is 5.46 Å². The number of hydrogen-bond donors (Lipinski definition) is 0. The van der Waals surface area contributed by atoms with E-state index in [9.17, 15) is 0 Å². The van der Waals surface area contributed by atoms with Crippen molar-refractivity contribution in [3.8, 4) is 11.4 Å². The third kappa shape index (κ3) is 2.67. The van der Waals surface area contributed by atoms with Crippen molar-refractivity contribution in [3.05, 3.63) is 54.9 Å². The Hall–Kier alpha value is -2.28. The van der Waals surface area contributed by atoms with E-state index >= 15 is 0 Å². The van der Waals surface area contributed by atoms with Crippen molar-refractivity contribution in [3.63, 3.8) is 0 Å². The standard InChI is InChI=1S/C22H21BN2O2S/c1-21(2)22(3,4)27-23(26-21)14-12-24-20(25-13-14)17-10-7-9-16-15-8-5-6-11-18(15)28-19(16)17/h5-13H,1-4H3. The summed E-state index contributed by atoms with van der Waals surface area (Å²) in [5, 5.41) is 2.52. The molecule has 1 saturated heterocycles. The van der Waals surface area contributed by atoms with Crippen LogP contribution in [0.5, 0.6) is 0 Å². The van der Waals surface area contributed by atoms with Gasteiger partial charge in [-0.1, -0.05) is 30.3 Å². The van der Waals surface area contributed by atoms with E-state index in [1.54, 1.807) is 11.3 Å². The fourth-order valence-corrected chi connectivity index (χ4v) is 4.71. The zero-order valence-corrected chi connectivity index (χ0v) is 17.2. The minimum atomic E-state index is -0.445. The van der Waals surface area contributed by atoms with Gasteiger partial charge in [0, 0.05) is 43.6 Å². The summed E-state index contributed by atoms with van der Waals surface area (Å²) in [5.41, 5.74) is 1.14. The summed E-state index contributed by atoms with van der Waals surface area (Å²) in [5.74, 6) is 0.720. The van der Waals surface area contributed by atoms with Crippen LogP contribution in [0, 0.1) is 0 Å². The van der Waals surface area contributed by atoms with Gasteiger partial charge in [-0.05, 0) is 39.8 Å². The molecule has 4 nitrogen and oxygen atoms in total. The fraction of sp³-hybridized carbons (Fsp3) is 0.273. The van der Waals surface area contributed by atoms with Crippen LogP contribution in [-0.2, 0) is 9.31 Å². The zero-order valence-electron chi connectivity index (χ0n) is 16.4. The van der Waals surface area contributed by atoms with Crippen LogP contribution in [-0.4, -0.2) is 28.3 Å². The number of rotatable bonds is 2. The summed E-state index contributed by atoms with van der Waals surface area (Å²) in [6.07, 6.45) is 3.63. The van der Waals surface area contributed by atoms with Crippen LogP contribution in [0.3, 0.4) is 0 Å². The SMILES string of the molecule is CC1(C)OB(c2cnc(-c3cccc4c3sc3ccccc34)nc2)OC1(C)C. The summed E-state index contributed by atoms with van der Waals surface area (Å²) in [6, 6.07) is 14.8. The van der Waals surface area contributed by atoms with Crippen molar-refractivity contribution in [2.75, 3.05) is 0 Å². The minimum absolute atomic E-state index is 0.376. The third-order valence-corrected chi connectivity index (χ3v) is 7.06. The molecule has 0 spiro atoms. The van der Waals surface area contributed by atoms with Crippen molar-refractivity contribution in [2.45, 2.75) is 38.9 Å². The third-order valence-electron chi connectivity index (χ3n) is 5.84. The second-order valence-corrected chi connectivity index (χ2v) is 9.26. The number of nitrogens with zero attached hydrogens (tertiary/aromatic N) is 2. The molecular weight excluding hydrogens is 367 g/mol. The largest absolute Gasteiger partial charge is 0.498 e. The van der Waals surface area contributed by atoms with E-state index in [-0.39, 0.29) is 11.2 Å². The van der Waals surface area contributed by atoms with Gasteiger partial charge in [0.2, 0.25) is 0 Å². The highest BCUT2D eigenvalue weighted by Gasteiger charge is 2.51. The van der Waals surface area contributed by atoms with Crippen molar-refractivity contribution >= 4 is 44.1 Å². The Morgan fingerprint density at radius 3 is 2.18 bits per heavy atom. The van der Waals surface area contributed by atoms with E-state index in [1.807, 2.05) is 40.1 Å². The number of aromatic nitrogens is 2. The monoisotopic (exact) mass is 388 g/mol. The summed E-state index contributed by atoms with van der Waals surface area (Å²) in [4.78, 5) is 9.29. The maximum Gasteiger partial charge on any atom is 0.498 e. The van der Waals surface area contributed by atoms with Crippen LogP contribution in [0.25, 0.3) is 31.6 Å². The van der Waals surface area contributed by atoms with Gasteiger partial charge in [0.1, 0.15) is 0 Å². The Labute approximate surface area is 168 Å². The van der Waals surface area contributed by atoms with E-state index in [4.69, 9.17) is 9.31 Å². The highest BCUT2D eigenvalue weighted by Crippen LogP contribution is 2.39. The quantitative estimate of drug-likeness (QED) is 0.462. The molecule has 28 heavy (non-hydrogen) atoms. The lowest BCUT2D eigenvalue weighted by Crippen LogP contribution is -2.41. The molecule has 0 aliphatic carbocycles. The first-order valence-electron chi connectivity index (χ1n) is 9.44. The highest BCUT2D eigenvalue weighted by molar-refractivity contribution is 7.26. The molecule has 140 valence electrons. The van der Waals surface area contributed by atoms with Crippen LogP contribution in [0.2, 0.25) is 0 Å². The highest BCUT2D eigenvalue weighted by atomic mass is 32.1. The summed E-state index contributed by atoms with van der Waals surface area (Å²) in [7, 11) is -0.445.